The number of hydrogen-bond donors (Lipinski definition) is 1. The minimum absolute atomic E-state index is 0.252. The second-order valence-corrected chi connectivity index (χ2v) is 8.40. The average molecular weight is 426 g/mol. The number of carbonyl (C=O) groups excluding carboxylic acids is 3. The van der Waals surface area contributed by atoms with Gasteiger partial charge >= 0.3 is 0 Å². The Labute approximate surface area is 179 Å². The first-order valence-electron chi connectivity index (χ1n) is 9.96. The Bertz CT molecular complexity index is 990. The largest absolute Gasteiger partial charge is 0.441 e. The highest BCUT2D eigenvalue weighted by molar-refractivity contribution is 8.18. The Morgan fingerprint density at radius 3 is 2.57 bits per heavy atom. The van der Waals surface area contributed by atoms with Crippen molar-refractivity contribution in [3.63, 3.8) is 0 Å². The first-order valence-corrected chi connectivity index (χ1v) is 10.8. The van der Waals surface area contributed by atoms with E-state index in [0.717, 1.165) is 54.0 Å². The molecule has 2 aliphatic heterocycles. The molecule has 1 aromatic carbocycles. The molecule has 1 N–H and O–H groups in total. The van der Waals surface area contributed by atoms with Crippen LogP contribution in [0.1, 0.15) is 30.6 Å². The highest BCUT2D eigenvalue weighted by Gasteiger charge is 2.36. The van der Waals surface area contributed by atoms with Crippen LogP contribution in [0, 0.1) is 6.92 Å². The second kappa shape index (κ2) is 8.79. The van der Waals surface area contributed by atoms with Crippen LogP contribution in [0.2, 0.25) is 0 Å². The van der Waals surface area contributed by atoms with Crippen LogP contribution in [0.4, 0.5) is 16.4 Å². The van der Waals surface area contributed by atoms with Crippen molar-refractivity contribution in [2.24, 2.45) is 0 Å². The van der Waals surface area contributed by atoms with Crippen LogP contribution in [-0.4, -0.2) is 41.6 Å². The predicted octanol–water partition coefficient (Wildman–Crippen LogP) is 4.25. The van der Waals surface area contributed by atoms with E-state index < -0.39 is 17.1 Å². The van der Waals surface area contributed by atoms with Gasteiger partial charge in [-0.3, -0.25) is 19.3 Å². The van der Waals surface area contributed by atoms with Crippen LogP contribution >= 0.6 is 11.8 Å². The van der Waals surface area contributed by atoms with Crippen molar-refractivity contribution in [3.05, 3.63) is 52.6 Å². The SMILES string of the molecule is Cc1ccc(NC(=O)CN2C(=O)S/C(=C/c3ccc(N4CCCCC4)o3)C2=O)cc1. The molecular weight excluding hydrogens is 402 g/mol. The summed E-state index contributed by atoms with van der Waals surface area (Å²) in [5.74, 6) is 0.385. The van der Waals surface area contributed by atoms with E-state index in [4.69, 9.17) is 4.42 Å². The van der Waals surface area contributed by atoms with E-state index in [1.54, 1.807) is 24.3 Å². The molecule has 4 rings (SSSR count). The van der Waals surface area contributed by atoms with E-state index >= 15 is 0 Å². The molecule has 8 heteroatoms. The molecule has 0 spiro atoms. The molecule has 7 nitrogen and oxygen atoms in total. The lowest BCUT2D eigenvalue weighted by molar-refractivity contribution is -0.127. The van der Waals surface area contributed by atoms with Gasteiger partial charge in [0.2, 0.25) is 5.91 Å². The van der Waals surface area contributed by atoms with Gasteiger partial charge in [0.05, 0.1) is 4.91 Å². The summed E-state index contributed by atoms with van der Waals surface area (Å²) in [5, 5.41) is 2.24. The normalized spacial score (nSPS) is 18.4. The summed E-state index contributed by atoms with van der Waals surface area (Å²) >= 11 is 0.817. The maximum atomic E-state index is 12.6. The molecule has 0 bridgehead atoms. The molecule has 0 atom stereocenters. The van der Waals surface area contributed by atoms with Crippen LogP contribution in [0.25, 0.3) is 6.08 Å². The zero-order valence-electron chi connectivity index (χ0n) is 16.7. The number of hydrogen-bond acceptors (Lipinski definition) is 6. The third kappa shape index (κ3) is 4.59. The van der Waals surface area contributed by atoms with E-state index in [0.29, 0.717) is 11.4 Å². The standard InChI is InChI=1S/C22H23N3O4S/c1-15-5-7-16(8-6-15)23-19(26)14-25-21(27)18(30-22(25)28)13-17-9-10-20(29-17)24-11-3-2-4-12-24/h5-10,13H,2-4,11-12,14H2,1H3,(H,23,26)/b18-13+. The zero-order chi connectivity index (χ0) is 21.1. The number of furan rings is 1. The fraction of sp³-hybridized carbons (Fsp3) is 0.318. The highest BCUT2D eigenvalue weighted by Crippen LogP contribution is 2.33. The third-order valence-corrected chi connectivity index (χ3v) is 5.97. The Morgan fingerprint density at radius 1 is 1.10 bits per heavy atom. The highest BCUT2D eigenvalue weighted by atomic mass is 32.2. The molecule has 2 aliphatic rings. The second-order valence-electron chi connectivity index (χ2n) is 7.41. The van der Waals surface area contributed by atoms with Gasteiger partial charge in [-0.2, -0.15) is 0 Å². The van der Waals surface area contributed by atoms with Crippen LogP contribution in [0.5, 0.6) is 0 Å². The lowest BCUT2D eigenvalue weighted by Crippen LogP contribution is -2.36. The minimum atomic E-state index is -0.486. The van der Waals surface area contributed by atoms with Crippen LogP contribution in [0.15, 0.2) is 45.7 Å². The number of carbonyl (C=O) groups is 3. The molecular formula is C22H23N3O4S. The Morgan fingerprint density at radius 2 is 1.83 bits per heavy atom. The smallest absolute Gasteiger partial charge is 0.294 e. The van der Waals surface area contributed by atoms with Crippen molar-refractivity contribution < 1.29 is 18.8 Å². The van der Waals surface area contributed by atoms with Gasteiger partial charge in [0.15, 0.2) is 5.88 Å². The van der Waals surface area contributed by atoms with E-state index in [9.17, 15) is 14.4 Å². The van der Waals surface area contributed by atoms with Gasteiger partial charge in [-0.15, -0.1) is 0 Å². The fourth-order valence-corrected chi connectivity index (χ4v) is 4.27. The number of benzene rings is 1. The van der Waals surface area contributed by atoms with Crippen molar-refractivity contribution >= 4 is 46.5 Å². The van der Waals surface area contributed by atoms with Crippen molar-refractivity contribution in [3.8, 4) is 0 Å². The molecule has 0 saturated carbocycles. The minimum Gasteiger partial charge on any atom is -0.441 e. The van der Waals surface area contributed by atoms with Crippen molar-refractivity contribution in [2.75, 3.05) is 29.9 Å². The van der Waals surface area contributed by atoms with Gasteiger partial charge in [0.25, 0.3) is 11.1 Å². The number of thioether (sulfide) groups is 1. The first-order chi connectivity index (χ1) is 14.5. The summed E-state index contributed by atoms with van der Waals surface area (Å²) < 4.78 is 5.85. The Kier molecular flexibility index (Phi) is 5.94. The number of imide groups is 1. The van der Waals surface area contributed by atoms with Crippen molar-refractivity contribution in [2.45, 2.75) is 26.2 Å². The average Bonchev–Trinajstić information content (AvgIpc) is 3.31. The van der Waals surface area contributed by atoms with Gasteiger partial charge in [-0.25, -0.2) is 0 Å². The number of nitrogens with zero attached hydrogens (tertiary/aromatic N) is 2. The lowest BCUT2D eigenvalue weighted by atomic mass is 10.1. The summed E-state index contributed by atoms with van der Waals surface area (Å²) in [6.07, 6.45) is 5.07. The molecule has 0 unspecified atom stereocenters. The number of aryl methyl sites for hydroxylation is 1. The molecule has 2 aromatic rings. The third-order valence-electron chi connectivity index (χ3n) is 5.06. The lowest BCUT2D eigenvalue weighted by Gasteiger charge is -2.25. The van der Waals surface area contributed by atoms with Gasteiger partial charge < -0.3 is 14.6 Å². The summed E-state index contributed by atoms with van der Waals surface area (Å²) in [7, 11) is 0. The molecule has 1 aromatic heterocycles. The summed E-state index contributed by atoms with van der Waals surface area (Å²) in [4.78, 5) is 40.6. The molecule has 3 amide bonds. The van der Waals surface area contributed by atoms with Gasteiger partial charge in [-0.05, 0) is 56.1 Å². The topological polar surface area (TPSA) is 82.9 Å². The summed E-state index contributed by atoms with van der Waals surface area (Å²) in [5.41, 5.74) is 1.69. The Balaban J connectivity index is 1.40. The molecule has 156 valence electrons. The quantitative estimate of drug-likeness (QED) is 0.721. The number of rotatable bonds is 5. The molecule has 0 aliphatic carbocycles. The number of nitrogens with one attached hydrogen (secondary N) is 1. The molecule has 3 heterocycles. The van der Waals surface area contributed by atoms with Crippen LogP contribution in [-0.2, 0) is 9.59 Å². The van der Waals surface area contributed by atoms with E-state index in [-0.39, 0.29) is 11.4 Å². The predicted molar refractivity (Wildman–Crippen MR) is 117 cm³/mol. The van der Waals surface area contributed by atoms with E-state index in [1.165, 1.54) is 6.42 Å². The molecule has 2 fully saturated rings. The maximum absolute atomic E-state index is 12.6. The van der Waals surface area contributed by atoms with Crippen molar-refractivity contribution in [1.82, 2.24) is 4.90 Å². The maximum Gasteiger partial charge on any atom is 0.294 e. The molecule has 2 saturated heterocycles. The summed E-state index contributed by atoms with van der Waals surface area (Å²) in [6.45, 7) is 3.54. The fourth-order valence-electron chi connectivity index (χ4n) is 3.45. The van der Waals surface area contributed by atoms with Gasteiger partial charge in [0.1, 0.15) is 12.3 Å². The first kappa shape index (κ1) is 20.3. The molecule has 30 heavy (non-hydrogen) atoms. The van der Waals surface area contributed by atoms with E-state index in [2.05, 4.69) is 10.2 Å². The van der Waals surface area contributed by atoms with Crippen LogP contribution in [0.3, 0.4) is 0 Å². The van der Waals surface area contributed by atoms with Gasteiger partial charge in [-0.1, -0.05) is 17.7 Å². The number of amides is 3. The monoisotopic (exact) mass is 425 g/mol. The van der Waals surface area contributed by atoms with E-state index in [1.807, 2.05) is 25.1 Å². The number of anilines is 2. The Hall–Kier alpha value is -3.00. The van der Waals surface area contributed by atoms with Gasteiger partial charge in [0, 0.05) is 30.9 Å². The number of piperidine rings is 1. The molecule has 0 radical (unpaired) electrons. The van der Waals surface area contributed by atoms with Crippen LogP contribution < -0.4 is 10.2 Å². The zero-order valence-corrected chi connectivity index (χ0v) is 17.5. The van der Waals surface area contributed by atoms with Crippen molar-refractivity contribution in [1.29, 1.82) is 0 Å². The summed E-state index contributed by atoms with van der Waals surface area (Å²) in [6, 6.07) is 11.0.